The molecule has 0 saturated carbocycles. The standard InChI is InChI=1S/C9H13N3OS/c1-9(3-2-4-14-9)8(13)12-7-5-10-11-6-7/h5-6H,2-4H2,1H3,(H,10,11)(H,12,13). The molecule has 0 spiro atoms. The summed E-state index contributed by atoms with van der Waals surface area (Å²) in [6.45, 7) is 2.00. The molecule has 4 nitrogen and oxygen atoms in total. The van der Waals surface area contributed by atoms with Crippen molar-refractivity contribution in [1.29, 1.82) is 0 Å². The van der Waals surface area contributed by atoms with E-state index in [-0.39, 0.29) is 10.7 Å². The van der Waals surface area contributed by atoms with Crippen LogP contribution in [0.3, 0.4) is 0 Å². The molecule has 1 aromatic rings. The van der Waals surface area contributed by atoms with E-state index in [0.717, 1.165) is 24.3 Å². The van der Waals surface area contributed by atoms with E-state index in [9.17, 15) is 4.79 Å². The van der Waals surface area contributed by atoms with Gasteiger partial charge in [0, 0.05) is 6.20 Å². The Bertz CT molecular complexity index is 317. The Balaban J connectivity index is 2.02. The number of aromatic nitrogens is 2. The Morgan fingerprint density at radius 2 is 2.64 bits per heavy atom. The van der Waals surface area contributed by atoms with Gasteiger partial charge in [-0.1, -0.05) is 0 Å². The first-order valence-electron chi connectivity index (χ1n) is 4.65. The third-order valence-electron chi connectivity index (χ3n) is 2.46. The van der Waals surface area contributed by atoms with Crippen molar-refractivity contribution in [3.8, 4) is 0 Å². The number of aromatic amines is 1. The Kier molecular flexibility index (Phi) is 2.50. The van der Waals surface area contributed by atoms with E-state index in [4.69, 9.17) is 0 Å². The smallest absolute Gasteiger partial charge is 0.240 e. The molecule has 1 saturated heterocycles. The summed E-state index contributed by atoms with van der Waals surface area (Å²) in [4.78, 5) is 11.9. The lowest BCUT2D eigenvalue weighted by Gasteiger charge is -2.20. The fourth-order valence-electron chi connectivity index (χ4n) is 1.54. The first-order chi connectivity index (χ1) is 6.71. The van der Waals surface area contributed by atoms with E-state index in [1.165, 1.54) is 0 Å². The normalized spacial score (nSPS) is 26.4. The first-order valence-corrected chi connectivity index (χ1v) is 5.63. The Morgan fingerprint density at radius 3 is 3.21 bits per heavy atom. The van der Waals surface area contributed by atoms with Gasteiger partial charge in [0.2, 0.25) is 5.91 Å². The van der Waals surface area contributed by atoms with Crippen molar-refractivity contribution < 1.29 is 4.79 Å². The van der Waals surface area contributed by atoms with Gasteiger partial charge in [-0.3, -0.25) is 9.89 Å². The van der Waals surface area contributed by atoms with Gasteiger partial charge in [0.1, 0.15) is 0 Å². The molecule has 0 radical (unpaired) electrons. The van der Waals surface area contributed by atoms with Crippen molar-refractivity contribution in [2.24, 2.45) is 0 Å². The molecule has 14 heavy (non-hydrogen) atoms. The van der Waals surface area contributed by atoms with Gasteiger partial charge >= 0.3 is 0 Å². The molecule has 1 aliphatic heterocycles. The highest BCUT2D eigenvalue weighted by atomic mass is 32.2. The van der Waals surface area contributed by atoms with E-state index in [0.29, 0.717) is 0 Å². The summed E-state index contributed by atoms with van der Waals surface area (Å²) in [5.74, 6) is 1.16. The van der Waals surface area contributed by atoms with E-state index >= 15 is 0 Å². The minimum absolute atomic E-state index is 0.0846. The van der Waals surface area contributed by atoms with E-state index in [1.54, 1.807) is 24.2 Å². The molecule has 2 heterocycles. The van der Waals surface area contributed by atoms with E-state index < -0.39 is 0 Å². The molecule has 0 bridgehead atoms. The van der Waals surface area contributed by atoms with Crippen LogP contribution in [-0.2, 0) is 4.79 Å². The second-order valence-electron chi connectivity index (χ2n) is 3.62. The molecule has 1 aliphatic rings. The number of amides is 1. The van der Waals surface area contributed by atoms with Gasteiger partial charge in [-0.15, -0.1) is 11.8 Å². The van der Waals surface area contributed by atoms with Gasteiger partial charge in [-0.05, 0) is 25.5 Å². The molecule has 1 atom stereocenters. The quantitative estimate of drug-likeness (QED) is 0.781. The second kappa shape index (κ2) is 3.65. The van der Waals surface area contributed by atoms with Gasteiger partial charge in [0.15, 0.2) is 0 Å². The molecule has 2 rings (SSSR count). The molecule has 1 amide bonds. The third kappa shape index (κ3) is 1.77. The van der Waals surface area contributed by atoms with Gasteiger partial charge < -0.3 is 5.32 Å². The number of thioether (sulfide) groups is 1. The van der Waals surface area contributed by atoms with Crippen molar-refractivity contribution in [3.05, 3.63) is 12.4 Å². The lowest BCUT2D eigenvalue weighted by molar-refractivity contribution is -0.118. The maximum absolute atomic E-state index is 11.9. The number of hydrogen-bond donors (Lipinski definition) is 2. The molecule has 1 unspecified atom stereocenters. The minimum atomic E-state index is -0.253. The number of rotatable bonds is 2. The zero-order chi connectivity index (χ0) is 10.0. The summed E-state index contributed by atoms with van der Waals surface area (Å²) in [6, 6.07) is 0. The van der Waals surface area contributed by atoms with Crippen LogP contribution in [0, 0.1) is 0 Å². The van der Waals surface area contributed by atoms with Crippen LogP contribution < -0.4 is 5.32 Å². The zero-order valence-electron chi connectivity index (χ0n) is 8.04. The number of carbonyl (C=O) groups excluding carboxylic acids is 1. The summed E-state index contributed by atoms with van der Waals surface area (Å²) < 4.78 is -0.253. The van der Waals surface area contributed by atoms with Crippen LogP contribution in [-0.4, -0.2) is 26.6 Å². The first kappa shape index (κ1) is 9.58. The third-order valence-corrected chi connectivity index (χ3v) is 3.97. The molecule has 0 aromatic carbocycles. The van der Waals surface area contributed by atoms with Crippen LogP contribution >= 0.6 is 11.8 Å². The fourth-order valence-corrected chi connectivity index (χ4v) is 2.75. The summed E-state index contributed by atoms with van der Waals surface area (Å²) in [6.07, 6.45) is 5.38. The van der Waals surface area contributed by atoms with Gasteiger partial charge in [0.05, 0.1) is 16.6 Å². The number of hydrogen-bond acceptors (Lipinski definition) is 3. The summed E-state index contributed by atoms with van der Waals surface area (Å²) >= 11 is 1.73. The maximum atomic E-state index is 11.9. The zero-order valence-corrected chi connectivity index (χ0v) is 8.86. The largest absolute Gasteiger partial charge is 0.322 e. The van der Waals surface area contributed by atoms with Crippen LogP contribution in [0.15, 0.2) is 12.4 Å². The van der Waals surface area contributed by atoms with Crippen molar-refractivity contribution in [1.82, 2.24) is 10.2 Å². The molecule has 0 aliphatic carbocycles. The average molecular weight is 211 g/mol. The second-order valence-corrected chi connectivity index (χ2v) is 5.22. The van der Waals surface area contributed by atoms with Crippen molar-refractivity contribution in [2.75, 3.05) is 11.1 Å². The highest BCUT2D eigenvalue weighted by molar-refractivity contribution is 8.01. The lowest BCUT2D eigenvalue weighted by Crippen LogP contribution is -2.34. The van der Waals surface area contributed by atoms with Gasteiger partial charge in [-0.2, -0.15) is 5.10 Å². The number of carbonyl (C=O) groups is 1. The van der Waals surface area contributed by atoms with E-state index in [2.05, 4.69) is 15.5 Å². The lowest BCUT2D eigenvalue weighted by atomic mass is 10.1. The molecule has 5 heteroatoms. The van der Waals surface area contributed by atoms with Crippen LogP contribution in [0.2, 0.25) is 0 Å². The van der Waals surface area contributed by atoms with Crippen molar-refractivity contribution in [3.63, 3.8) is 0 Å². The minimum Gasteiger partial charge on any atom is -0.322 e. The maximum Gasteiger partial charge on any atom is 0.240 e. The van der Waals surface area contributed by atoms with Crippen molar-refractivity contribution >= 4 is 23.4 Å². The highest BCUT2D eigenvalue weighted by Crippen LogP contribution is 2.38. The number of nitrogens with one attached hydrogen (secondary N) is 2. The van der Waals surface area contributed by atoms with E-state index in [1.807, 2.05) is 6.92 Å². The average Bonchev–Trinajstić information content (AvgIpc) is 2.76. The number of H-pyrrole nitrogens is 1. The Morgan fingerprint density at radius 1 is 1.79 bits per heavy atom. The fraction of sp³-hybridized carbons (Fsp3) is 0.556. The highest BCUT2D eigenvalue weighted by Gasteiger charge is 2.37. The summed E-state index contributed by atoms with van der Waals surface area (Å²) in [5.41, 5.74) is 0.740. The van der Waals surface area contributed by atoms with Gasteiger partial charge in [0.25, 0.3) is 0 Å². The Labute approximate surface area is 86.8 Å². The van der Waals surface area contributed by atoms with Crippen LogP contribution in [0.4, 0.5) is 5.69 Å². The molecular formula is C9H13N3OS. The van der Waals surface area contributed by atoms with Gasteiger partial charge in [-0.25, -0.2) is 0 Å². The predicted molar refractivity (Wildman–Crippen MR) is 57.3 cm³/mol. The molecular weight excluding hydrogens is 198 g/mol. The van der Waals surface area contributed by atoms with Crippen LogP contribution in [0.25, 0.3) is 0 Å². The number of nitrogens with zero attached hydrogens (tertiary/aromatic N) is 1. The van der Waals surface area contributed by atoms with Crippen LogP contribution in [0.1, 0.15) is 19.8 Å². The monoisotopic (exact) mass is 211 g/mol. The molecule has 76 valence electrons. The van der Waals surface area contributed by atoms with Crippen LogP contribution in [0.5, 0.6) is 0 Å². The molecule has 2 N–H and O–H groups in total. The summed E-state index contributed by atoms with van der Waals surface area (Å²) in [5, 5.41) is 9.30. The predicted octanol–water partition coefficient (Wildman–Crippen LogP) is 1.63. The SMILES string of the molecule is CC1(C(=O)Nc2cn[nH]c2)CCCS1. The Hall–Kier alpha value is -0.970. The topological polar surface area (TPSA) is 57.8 Å². The number of anilines is 1. The molecule has 1 fully saturated rings. The summed E-state index contributed by atoms with van der Waals surface area (Å²) in [7, 11) is 0. The molecule has 1 aromatic heterocycles. The van der Waals surface area contributed by atoms with Crippen molar-refractivity contribution in [2.45, 2.75) is 24.5 Å².